The lowest BCUT2D eigenvalue weighted by Gasteiger charge is -2.18. The van der Waals surface area contributed by atoms with Gasteiger partial charge in [0.15, 0.2) is 29.8 Å². The van der Waals surface area contributed by atoms with Gasteiger partial charge in [-0.05, 0) is 30.7 Å². The predicted octanol–water partition coefficient (Wildman–Crippen LogP) is 2.66. The van der Waals surface area contributed by atoms with E-state index in [0.717, 1.165) is 11.3 Å². The second-order valence-electron chi connectivity index (χ2n) is 5.70. The molecule has 138 valence electrons. The number of ether oxygens (including phenoxy) is 3. The first-order valence-corrected chi connectivity index (χ1v) is 9.03. The smallest absolute Gasteiger partial charge is 0.331 e. The first kappa shape index (κ1) is 18.6. The Morgan fingerprint density at radius 3 is 2.85 bits per heavy atom. The average Bonchev–Trinajstić information content (AvgIpc) is 3.11. The van der Waals surface area contributed by atoms with Gasteiger partial charge >= 0.3 is 5.97 Å². The molecule has 7 nitrogen and oxygen atoms in total. The molecule has 0 aliphatic carbocycles. The van der Waals surface area contributed by atoms with Crippen LogP contribution in [0.15, 0.2) is 29.7 Å². The van der Waals surface area contributed by atoms with E-state index in [2.05, 4.69) is 4.98 Å². The average molecular weight is 384 g/mol. The van der Waals surface area contributed by atoms with Crippen LogP contribution in [-0.2, 0) is 14.3 Å². The molecule has 0 saturated heterocycles. The lowest BCUT2D eigenvalue weighted by molar-refractivity contribution is -0.143. The quantitative estimate of drug-likeness (QED) is 0.558. The molecule has 0 saturated carbocycles. The zero-order valence-electron chi connectivity index (χ0n) is 14.5. The fourth-order valence-corrected chi connectivity index (χ4v) is 3.23. The third-order valence-electron chi connectivity index (χ3n) is 3.67. The molecule has 2 heterocycles. The Morgan fingerprint density at radius 1 is 1.37 bits per heavy atom. The predicted molar refractivity (Wildman–Crippen MR) is 97.6 cm³/mol. The summed E-state index contributed by atoms with van der Waals surface area (Å²) in [5.74, 6) is -0.939. The van der Waals surface area contributed by atoms with E-state index in [1.807, 2.05) is 6.07 Å². The van der Waals surface area contributed by atoms with Gasteiger partial charge in [-0.1, -0.05) is 6.07 Å². The number of nitrogens with zero attached hydrogens (tertiary/aromatic N) is 2. The van der Waals surface area contributed by atoms with Crippen molar-refractivity contribution in [3.8, 4) is 17.6 Å². The molecule has 0 N–H and O–H groups in total. The summed E-state index contributed by atoms with van der Waals surface area (Å²) in [5, 5.41) is 11.4. The molecule has 27 heavy (non-hydrogen) atoms. The van der Waals surface area contributed by atoms with Crippen molar-refractivity contribution in [1.29, 1.82) is 5.26 Å². The number of aryl methyl sites for hydroxylation is 1. The number of aromatic nitrogens is 1. The van der Waals surface area contributed by atoms with Gasteiger partial charge in [-0.3, -0.25) is 4.79 Å². The molecule has 3 rings (SSSR count). The highest BCUT2D eigenvalue weighted by atomic mass is 32.1. The van der Waals surface area contributed by atoms with Gasteiger partial charge in [0, 0.05) is 17.2 Å². The number of benzene rings is 1. The summed E-state index contributed by atoms with van der Waals surface area (Å²) in [6, 6.07) is 7.19. The number of Topliss-reactive ketones (excluding diaryl/α,β-unsaturated/α-hetero) is 1. The largest absolute Gasteiger partial charge is 0.486 e. The molecule has 0 radical (unpaired) electrons. The number of fused-ring (bicyclic) bond motifs is 1. The second-order valence-corrected chi connectivity index (χ2v) is 6.59. The van der Waals surface area contributed by atoms with Gasteiger partial charge in [0.05, 0.1) is 6.07 Å². The van der Waals surface area contributed by atoms with Crippen molar-refractivity contribution < 1.29 is 23.8 Å². The molecule has 0 bridgehead atoms. The standard InChI is InChI=1S/C19H16N2O5S/c1-12-11-27-19(21-12)14(9-20)15(22)10-26-18(23)5-3-13-2-4-16-17(8-13)25-7-6-24-16/h2-5,8,11,14H,6-7,10H2,1H3/b5-3+/t14-/m1/s1. The van der Waals surface area contributed by atoms with E-state index in [1.165, 1.54) is 17.4 Å². The molecule has 0 unspecified atom stereocenters. The highest BCUT2D eigenvalue weighted by molar-refractivity contribution is 7.09. The van der Waals surface area contributed by atoms with Crippen LogP contribution in [0.2, 0.25) is 0 Å². The topological polar surface area (TPSA) is 98.5 Å². The Bertz CT molecular complexity index is 928. The van der Waals surface area contributed by atoms with Crippen LogP contribution in [0.3, 0.4) is 0 Å². The van der Waals surface area contributed by atoms with E-state index in [0.29, 0.717) is 29.7 Å². The van der Waals surface area contributed by atoms with Crippen molar-refractivity contribution in [3.05, 3.63) is 45.9 Å². The van der Waals surface area contributed by atoms with Crippen LogP contribution in [-0.4, -0.2) is 36.6 Å². The molecule has 0 amide bonds. The van der Waals surface area contributed by atoms with Crippen molar-refractivity contribution in [1.82, 2.24) is 4.98 Å². The summed E-state index contributed by atoms with van der Waals surface area (Å²) >= 11 is 1.23. The summed E-state index contributed by atoms with van der Waals surface area (Å²) in [6.45, 7) is 2.28. The molecular formula is C19H16N2O5S. The third-order valence-corrected chi connectivity index (χ3v) is 4.70. The lowest BCUT2D eigenvalue weighted by atomic mass is 10.1. The second kappa shape index (κ2) is 8.47. The van der Waals surface area contributed by atoms with Crippen molar-refractivity contribution in [2.24, 2.45) is 0 Å². The molecule has 1 aromatic carbocycles. The van der Waals surface area contributed by atoms with Crippen LogP contribution in [0.5, 0.6) is 11.5 Å². The normalized spacial score (nSPS) is 13.8. The van der Waals surface area contributed by atoms with E-state index in [9.17, 15) is 14.9 Å². The van der Waals surface area contributed by atoms with E-state index in [-0.39, 0.29) is 0 Å². The number of carbonyl (C=O) groups is 2. The summed E-state index contributed by atoms with van der Waals surface area (Å²) in [4.78, 5) is 28.1. The van der Waals surface area contributed by atoms with Crippen LogP contribution < -0.4 is 9.47 Å². The minimum absolute atomic E-state index is 0.405. The fourth-order valence-electron chi connectivity index (χ4n) is 2.37. The fraction of sp³-hybridized carbons (Fsp3) is 0.263. The van der Waals surface area contributed by atoms with Gasteiger partial charge in [-0.15, -0.1) is 11.3 Å². The molecule has 1 aromatic heterocycles. The maximum Gasteiger partial charge on any atom is 0.331 e. The number of ketones is 1. The number of esters is 1. The lowest BCUT2D eigenvalue weighted by Crippen LogP contribution is -2.19. The van der Waals surface area contributed by atoms with Gasteiger partial charge < -0.3 is 14.2 Å². The zero-order valence-corrected chi connectivity index (χ0v) is 15.3. The Balaban J connectivity index is 1.55. The van der Waals surface area contributed by atoms with Gasteiger partial charge in [0.2, 0.25) is 0 Å². The first-order chi connectivity index (χ1) is 13.1. The molecule has 1 atom stereocenters. The summed E-state index contributed by atoms with van der Waals surface area (Å²) in [6.07, 6.45) is 2.77. The Hall–Kier alpha value is -3.18. The van der Waals surface area contributed by atoms with E-state index < -0.39 is 24.3 Å². The Kier molecular flexibility index (Phi) is 5.84. The molecule has 0 fully saturated rings. The monoisotopic (exact) mass is 384 g/mol. The molecule has 1 aliphatic rings. The Labute approximate surface area is 159 Å². The van der Waals surface area contributed by atoms with E-state index in [4.69, 9.17) is 14.2 Å². The number of hydrogen-bond acceptors (Lipinski definition) is 8. The highest BCUT2D eigenvalue weighted by Crippen LogP contribution is 2.31. The van der Waals surface area contributed by atoms with Crippen molar-refractivity contribution >= 4 is 29.2 Å². The highest BCUT2D eigenvalue weighted by Gasteiger charge is 2.24. The van der Waals surface area contributed by atoms with Crippen LogP contribution in [0.1, 0.15) is 22.2 Å². The number of nitriles is 1. The maximum absolute atomic E-state index is 12.1. The minimum Gasteiger partial charge on any atom is -0.486 e. The minimum atomic E-state index is -1.03. The number of rotatable bonds is 6. The number of carbonyl (C=O) groups excluding carboxylic acids is 2. The third kappa shape index (κ3) is 4.71. The van der Waals surface area contributed by atoms with Crippen molar-refractivity contribution in [3.63, 3.8) is 0 Å². The van der Waals surface area contributed by atoms with Gasteiger partial charge in [0.25, 0.3) is 0 Å². The first-order valence-electron chi connectivity index (χ1n) is 8.15. The Morgan fingerprint density at radius 2 is 2.15 bits per heavy atom. The molecule has 1 aliphatic heterocycles. The maximum atomic E-state index is 12.1. The summed E-state index contributed by atoms with van der Waals surface area (Å²) in [5.41, 5.74) is 1.47. The summed E-state index contributed by atoms with van der Waals surface area (Å²) in [7, 11) is 0. The van der Waals surface area contributed by atoms with Crippen LogP contribution in [0, 0.1) is 18.3 Å². The van der Waals surface area contributed by atoms with Crippen LogP contribution in [0.4, 0.5) is 0 Å². The number of thiazole rings is 1. The molecule has 2 aromatic rings. The summed E-state index contributed by atoms with van der Waals surface area (Å²) < 4.78 is 15.9. The molecular weight excluding hydrogens is 368 g/mol. The molecule has 8 heteroatoms. The van der Waals surface area contributed by atoms with Crippen molar-refractivity contribution in [2.75, 3.05) is 19.8 Å². The van der Waals surface area contributed by atoms with Gasteiger partial charge in [-0.25, -0.2) is 9.78 Å². The van der Waals surface area contributed by atoms with E-state index >= 15 is 0 Å². The van der Waals surface area contributed by atoms with Gasteiger partial charge in [-0.2, -0.15) is 5.26 Å². The van der Waals surface area contributed by atoms with Crippen LogP contribution in [0.25, 0.3) is 6.08 Å². The molecule has 0 spiro atoms. The number of hydrogen-bond donors (Lipinski definition) is 0. The zero-order chi connectivity index (χ0) is 19.2. The van der Waals surface area contributed by atoms with E-state index in [1.54, 1.807) is 36.6 Å². The van der Waals surface area contributed by atoms with Crippen molar-refractivity contribution in [2.45, 2.75) is 12.8 Å². The van der Waals surface area contributed by atoms with Crippen LogP contribution >= 0.6 is 11.3 Å². The van der Waals surface area contributed by atoms with Gasteiger partial charge in [0.1, 0.15) is 18.2 Å². The SMILES string of the molecule is Cc1csc([C@H](C#N)C(=O)COC(=O)/C=C/c2ccc3c(c2)OCCO3)n1.